The van der Waals surface area contributed by atoms with Crippen molar-refractivity contribution in [3.8, 4) is 0 Å². The molecule has 4 nitrogen and oxygen atoms in total. The zero-order valence-corrected chi connectivity index (χ0v) is 19.9. The molecule has 2 aromatic carbocycles. The second kappa shape index (κ2) is 7.88. The van der Waals surface area contributed by atoms with Gasteiger partial charge in [-0.3, -0.25) is 0 Å². The molecular formula is C25H34O4Si. The molecule has 30 heavy (non-hydrogen) atoms. The molecule has 2 aliphatic heterocycles. The van der Waals surface area contributed by atoms with E-state index in [9.17, 15) is 0 Å². The van der Waals surface area contributed by atoms with Crippen LogP contribution in [0, 0.1) is 5.92 Å². The maximum atomic E-state index is 7.04. The summed E-state index contributed by atoms with van der Waals surface area (Å²) < 4.78 is 25.3. The molecule has 2 heterocycles. The van der Waals surface area contributed by atoms with Crippen molar-refractivity contribution in [3.63, 3.8) is 0 Å². The molecular weight excluding hydrogens is 392 g/mol. The van der Waals surface area contributed by atoms with E-state index >= 15 is 0 Å². The molecule has 2 aromatic rings. The van der Waals surface area contributed by atoms with Gasteiger partial charge in [-0.05, 0) is 29.3 Å². The van der Waals surface area contributed by atoms with Gasteiger partial charge in [0.15, 0.2) is 12.1 Å². The Labute approximate surface area is 181 Å². The molecule has 5 heteroatoms. The smallest absolute Gasteiger partial charge is 0.261 e. The van der Waals surface area contributed by atoms with Gasteiger partial charge in [0.1, 0.15) is 6.10 Å². The van der Waals surface area contributed by atoms with Gasteiger partial charge < -0.3 is 18.6 Å². The summed E-state index contributed by atoms with van der Waals surface area (Å²) in [6, 6.07) is 21.4. The highest BCUT2D eigenvalue weighted by Crippen LogP contribution is 2.42. The summed E-state index contributed by atoms with van der Waals surface area (Å²) in [7, 11) is -2.57. The van der Waals surface area contributed by atoms with Gasteiger partial charge in [0.05, 0.1) is 12.7 Å². The number of ether oxygens (including phenoxy) is 3. The molecule has 0 aromatic heterocycles. The van der Waals surface area contributed by atoms with Crippen LogP contribution in [0.1, 0.15) is 41.5 Å². The molecule has 2 aliphatic rings. The fourth-order valence-corrected chi connectivity index (χ4v) is 9.46. The summed E-state index contributed by atoms with van der Waals surface area (Å²) in [5, 5.41) is 2.51. The summed E-state index contributed by atoms with van der Waals surface area (Å²) in [4.78, 5) is 0. The van der Waals surface area contributed by atoms with Crippen LogP contribution in [-0.4, -0.2) is 39.2 Å². The highest BCUT2D eigenvalue weighted by molar-refractivity contribution is 6.99. The summed E-state index contributed by atoms with van der Waals surface area (Å²) in [6.45, 7) is 13.5. The van der Waals surface area contributed by atoms with Crippen LogP contribution in [0.25, 0.3) is 0 Å². The molecule has 0 spiro atoms. The molecule has 0 amide bonds. The topological polar surface area (TPSA) is 36.9 Å². The van der Waals surface area contributed by atoms with Gasteiger partial charge in [0, 0.05) is 5.92 Å². The average molecular weight is 427 g/mol. The first-order valence-corrected chi connectivity index (χ1v) is 12.8. The number of rotatable bonds is 5. The lowest BCUT2D eigenvalue weighted by atomic mass is 10.0. The Morgan fingerprint density at radius 3 is 1.90 bits per heavy atom. The minimum Gasteiger partial charge on any atom is -0.405 e. The minimum absolute atomic E-state index is 0.0484. The van der Waals surface area contributed by atoms with E-state index < -0.39 is 14.1 Å². The van der Waals surface area contributed by atoms with Gasteiger partial charge >= 0.3 is 0 Å². The predicted molar refractivity (Wildman–Crippen MR) is 121 cm³/mol. The van der Waals surface area contributed by atoms with E-state index in [0.29, 0.717) is 6.61 Å². The van der Waals surface area contributed by atoms with Crippen LogP contribution >= 0.6 is 0 Å². The third kappa shape index (κ3) is 3.78. The fraction of sp³-hybridized carbons (Fsp3) is 0.520. The van der Waals surface area contributed by atoms with Gasteiger partial charge in [-0.1, -0.05) is 88.4 Å². The van der Waals surface area contributed by atoms with Crippen molar-refractivity contribution < 1.29 is 18.6 Å². The summed E-state index contributed by atoms with van der Waals surface area (Å²) in [5.74, 6) is -0.386. The van der Waals surface area contributed by atoms with Gasteiger partial charge in [0.2, 0.25) is 0 Å². The zero-order valence-electron chi connectivity index (χ0n) is 18.9. The molecule has 2 fully saturated rings. The Morgan fingerprint density at radius 1 is 0.900 bits per heavy atom. The largest absolute Gasteiger partial charge is 0.405 e. The van der Waals surface area contributed by atoms with Crippen LogP contribution in [0.3, 0.4) is 0 Å². The second-order valence-corrected chi connectivity index (χ2v) is 14.3. The number of benzene rings is 2. The summed E-state index contributed by atoms with van der Waals surface area (Å²) in [6.07, 6.45) is -0.423. The predicted octanol–water partition coefficient (Wildman–Crippen LogP) is 4.08. The lowest BCUT2D eigenvalue weighted by molar-refractivity contribution is -0.212. The quantitative estimate of drug-likeness (QED) is 0.675. The Kier molecular flexibility index (Phi) is 5.70. The van der Waals surface area contributed by atoms with Gasteiger partial charge in [0.25, 0.3) is 8.32 Å². The van der Waals surface area contributed by atoms with Crippen LogP contribution in [0.2, 0.25) is 5.04 Å². The van der Waals surface area contributed by atoms with Crippen molar-refractivity contribution in [1.82, 2.24) is 0 Å². The number of hydrogen-bond donors (Lipinski definition) is 0. The van der Waals surface area contributed by atoms with Crippen molar-refractivity contribution >= 4 is 18.7 Å². The molecule has 0 unspecified atom stereocenters. The van der Waals surface area contributed by atoms with Gasteiger partial charge in [-0.15, -0.1) is 0 Å². The molecule has 0 radical (unpaired) electrons. The fourth-order valence-electron chi connectivity index (χ4n) is 4.89. The zero-order chi connectivity index (χ0) is 21.6. The van der Waals surface area contributed by atoms with Crippen LogP contribution < -0.4 is 10.4 Å². The molecule has 2 saturated heterocycles. The van der Waals surface area contributed by atoms with E-state index in [4.69, 9.17) is 18.6 Å². The van der Waals surface area contributed by atoms with E-state index in [0.717, 1.165) is 0 Å². The average Bonchev–Trinajstić information content (AvgIpc) is 3.15. The van der Waals surface area contributed by atoms with Crippen LogP contribution in [0.15, 0.2) is 60.7 Å². The van der Waals surface area contributed by atoms with E-state index in [1.807, 2.05) is 13.8 Å². The lowest BCUT2D eigenvalue weighted by Crippen LogP contribution is -2.67. The van der Waals surface area contributed by atoms with Gasteiger partial charge in [-0.2, -0.15) is 0 Å². The van der Waals surface area contributed by atoms with Crippen LogP contribution in [-0.2, 0) is 18.6 Å². The maximum Gasteiger partial charge on any atom is 0.261 e. The van der Waals surface area contributed by atoms with Crippen LogP contribution in [0.4, 0.5) is 0 Å². The number of fused-ring (bicyclic) bond motifs is 1. The third-order valence-electron chi connectivity index (χ3n) is 6.38. The Balaban J connectivity index is 1.65. The van der Waals surface area contributed by atoms with Crippen molar-refractivity contribution in [2.24, 2.45) is 5.92 Å². The van der Waals surface area contributed by atoms with Crippen molar-refractivity contribution in [1.29, 1.82) is 0 Å². The highest BCUT2D eigenvalue weighted by Gasteiger charge is 2.55. The Bertz CT molecular complexity index is 807. The van der Waals surface area contributed by atoms with E-state index in [1.165, 1.54) is 10.4 Å². The number of hydrogen-bond acceptors (Lipinski definition) is 4. The highest BCUT2D eigenvalue weighted by atomic mass is 28.4. The summed E-state index contributed by atoms with van der Waals surface area (Å²) in [5.41, 5.74) is 0. The standard InChI is InChI=1S/C25H34O4Si/c1-18-21(27-23-22(18)28-25(5,6)29-23)17-26-30(24(2,3)4,19-13-9-7-10-14-19)20-15-11-8-12-16-20/h7-16,18,21-23H,17H2,1-6H3/t18-,21-,22-,23-/m1/s1. The van der Waals surface area contributed by atoms with Crippen molar-refractivity contribution in [3.05, 3.63) is 60.7 Å². The first-order valence-electron chi connectivity index (χ1n) is 10.9. The molecule has 0 saturated carbocycles. The van der Waals surface area contributed by atoms with Gasteiger partial charge in [-0.25, -0.2) is 0 Å². The Morgan fingerprint density at radius 2 is 1.43 bits per heavy atom. The molecule has 162 valence electrons. The third-order valence-corrected chi connectivity index (χ3v) is 11.4. The molecule has 0 N–H and O–H groups in total. The lowest BCUT2D eigenvalue weighted by Gasteiger charge is -2.43. The second-order valence-electron chi connectivity index (χ2n) is 9.98. The molecule has 0 aliphatic carbocycles. The van der Waals surface area contributed by atoms with E-state index in [-0.39, 0.29) is 29.5 Å². The van der Waals surface area contributed by atoms with Crippen molar-refractivity contribution in [2.45, 2.75) is 70.9 Å². The molecule has 0 bridgehead atoms. The SMILES string of the molecule is C[C@H]1[C@H]2OC(C)(C)O[C@H]2O[C@@H]1CO[Si](c1ccccc1)(c1ccccc1)C(C)(C)C. The normalized spacial score (nSPS) is 28.5. The van der Waals surface area contributed by atoms with E-state index in [1.54, 1.807) is 0 Å². The minimum atomic E-state index is -2.57. The Hall–Kier alpha value is -1.50. The first kappa shape index (κ1) is 21.7. The monoisotopic (exact) mass is 426 g/mol. The molecule has 4 rings (SSSR count). The van der Waals surface area contributed by atoms with Crippen molar-refractivity contribution in [2.75, 3.05) is 6.61 Å². The molecule has 4 atom stereocenters. The summed E-state index contributed by atoms with van der Waals surface area (Å²) >= 11 is 0. The van der Waals surface area contributed by atoms with E-state index in [2.05, 4.69) is 88.4 Å². The first-order chi connectivity index (χ1) is 14.1. The van der Waals surface area contributed by atoms with Crippen LogP contribution in [0.5, 0.6) is 0 Å². The maximum absolute atomic E-state index is 7.04.